The van der Waals surface area contributed by atoms with Crippen molar-refractivity contribution >= 4 is 74.5 Å². The first-order valence-electron chi connectivity index (χ1n) is 9.33. The number of ether oxygens (including phenoxy) is 1. The fourth-order valence-corrected chi connectivity index (χ4v) is 5.06. The minimum absolute atomic E-state index is 0.0478. The number of rotatable bonds is 6. The lowest BCUT2D eigenvalue weighted by Crippen LogP contribution is -2.13. The summed E-state index contributed by atoms with van der Waals surface area (Å²) in [6.07, 6.45) is 1.51. The Bertz CT molecular complexity index is 1230. The van der Waals surface area contributed by atoms with Crippen molar-refractivity contribution in [3.8, 4) is 11.8 Å². The van der Waals surface area contributed by atoms with Crippen molar-refractivity contribution in [3.63, 3.8) is 0 Å². The second kappa shape index (κ2) is 11.1. The molecule has 0 radical (unpaired) electrons. The minimum atomic E-state index is -0.530. The van der Waals surface area contributed by atoms with Crippen LogP contribution in [0.5, 0.6) is 5.75 Å². The van der Waals surface area contributed by atoms with Crippen molar-refractivity contribution in [3.05, 3.63) is 94.8 Å². The zero-order chi connectivity index (χ0) is 23.3. The minimum Gasteiger partial charge on any atom is -0.487 e. The van der Waals surface area contributed by atoms with E-state index in [1.807, 2.05) is 13.0 Å². The van der Waals surface area contributed by atoms with Gasteiger partial charge >= 0.3 is 0 Å². The van der Waals surface area contributed by atoms with E-state index in [4.69, 9.17) is 16.3 Å². The molecule has 0 saturated heterocycles. The van der Waals surface area contributed by atoms with E-state index in [2.05, 4.69) is 50.5 Å². The monoisotopic (exact) mass is 672 g/mol. The molecule has 0 unspecified atom stereocenters. The van der Waals surface area contributed by atoms with Gasteiger partial charge in [-0.15, -0.1) is 0 Å². The van der Waals surface area contributed by atoms with Crippen molar-refractivity contribution in [2.45, 2.75) is 13.5 Å². The SMILES string of the molecule is Cc1ccc(NC(=O)/C(C#N)=C\c2cc(I)c(OCc3ccccc3F)c(I)c2)cc1Cl. The Balaban J connectivity index is 1.78. The van der Waals surface area contributed by atoms with Crippen LogP contribution < -0.4 is 10.1 Å². The van der Waals surface area contributed by atoms with Gasteiger partial charge in [-0.25, -0.2) is 4.39 Å². The molecule has 8 heteroatoms. The van der Waals surface area contributed by atoms with Crippen molar-refractivity contribution in [2.24, 2.45) is 0 Å². The number of carbonyl (C=O) groups is 1. The van der Waals surface area contributed by atoms with Crippen LogP contribution in [0.3, 0.4) is 0 Å². The fourth-order valence-electron chi connectivity index (χ4n) is 2.75. The summed E-state index contributed by atoms with van der Waals surface area (Å²) in [6.45, 7) is 1.96. The molecule has 0 spiro atoms. The molecule has 3 aromatic carbocycles. The number of carbonyl (C=O) groups excluding carboxylic acids is 1. The Labute approximate surface area is 217 Å². The molecule has 0 bridgehead atoms. The lowest BCUT2D eigenvalue weighted by Gasteiger charge is -2.12. The number of halogens is 4. The van der Waals surface area contributed by atoms with Crippen LogP contribution >= 0.6 is 56.8 Å². The van der Waals surface area contributed by atoms with Gasteiger partial charge in [0.25, 0.3) is 5.91 Å². The summed E-state index contributed by atoms with van der Waals surface area (Å²) in [4.78, 5) is 12.6. The van der Waals surface area contributed by atoms with E-state index in [0.29, 0.717) is 27.6 Å². The third kappa shape index (κ3) is 6.21. The Hall–Kier alpha value is -2.16. The van der Waals surface area contributed by atoms with Gasteiger partial charge in [0.15, 0.2) is 0 Å². The molecular weight excluding hydrogens is 657 g/mol. The number of benzene rings is 3. The van der Waals surface area contributed by atoms with Crippen LogP contribution in [-0.4, -0.2) is 5.91 Å². The highest BCUT2D eigenvalue weighted by Crippen LogP contribution is 2.31. The third-order valence-corrected chi connectivity index (χ3v) is 6.47. The Morgan fingerprint density at radius 3 is 2.50 bits per heavy atom. The zero-order valence-corrected chi connectivity index (χ0v) is 21.8. The molecule has 3 rings (SSSR count). The molecule has 162 valence electrons. The van der Waals surface area contributed by atoms with E-state index >= 15 is 0 Å². The van der Waals surface area contributed by atoms with Crippen LogP contribution in [0.15, 0.2) is 60.2 Å². The van der Waals surface area contributed by atoms with Crippen LogP contribution in [0.1, 0.15) is 16.7 Å². The summed E-state index contributed by atoms with van der Waals surface area (Å²) in [7, 11) is 0. The summed E-state index contributed by atoms with van der Waals surface area (Å²) in [5.74, 6) is -0.238. The van der Waals surface area contributed by atoms with Crippen LogP contribution in [0.2, 0.25) is 5.02 Å². The number of nitrogens with zero attached hydrogens (tertiary/aromatic N) is 1. The molecule has 4 nitrogen and oxygen atoms in total. The van der Waals surface area contributed by atoms with Crippen molar-refractivity contribution in [1.29, 1.82) is 5.26 Å². The molecule has 0 aliphatic heterocycles. The summed E-state index contributed by atoms with van der Waals surface area (Å²) in [5.41, 5.74) is 2.48. The van der Waals surface area contributed by atoms with Gasteiger partial charge in [-0.2, -0.15) is 5.26 Å². The molecule has 1 amide bonds. The first-order valence-corrected chi connectivity index (χ1v) is 11.9. The molecule has 0 aliphatic rings. The average molecular weight is 673 g/mol. The van der Waals surface area contributed by atoms with Gasteiger partial charge in [0.1, 0.15) is 29.8 Å². The van der Waals surface area contributed by atoms with Gasteiger partial charge in [-0.1, -0.05) is 35.9 Å². The molecule has 0 aromatic heterocycles. The number of hydrogen-bond acceptors (Lipinski definition) is 3. The fraction of sp³-hybridized carbons (Fsp3) is 0.0833. The molecule has 0 heterocycles. The number of nitriles is 1. The van der Waals surface area contributed by atoms with E-state index in [1.54, 1.807) is 48.5 Å². The van der Waals surface area contributed by atoms with Gasteiger partial charge < -0.3 is 10.1 Å². The van der Waals surface area contributed by atoms with E-state index in [9.17, 15) is 14.4 Å². The van der Waals surface area contributed by atoms with Gasteiger partial charge in [-0.05, 0) is 99.6 Å². The van der Waals surface area contributed by atoms with E-state index in [0.717, 1.165) is 12.7 Å². The average Bonchev–Trinajstić information content (AvgIpc) is 2.75. The Kier molecular flexibility index (Phi) is 8.51. The first kappa shape index (κ1) is 24.5. The molecule has 1 N–H and O–H groups in total. The summed E-state index contributed by atoms with van der Waals surface area (Å²) in [6, 6.07) is 17.1. The Morgan fingerprint density at radius 2 is 1.88 bits per heavy atom. The number of hydrogen-bond donors (Lipinski definition) is 1. The normalized spacial score (nSPS) is 11.1. The predicted molar refractivity (Wildman–Crippen MR) is 141 cm³/mol. The second-order valence-corrected chi connectivity index (χ2v) is 9.51. The number of amides is 1. The van der Waals surface area contributed by atoms with Gasteiger partial charge in [0.05, 0.1) is 7.14 Å². The quantitative estimate of drug-likeness (QED) is 0.172. The van der Waals surface area contributed by atoms with Crippen LogP contribution in [-0.2, 0) is 11.4 Å². The van der Waals surface area contributed by atoms with Crippen molar-refractivity contribution < 1.29 is 13.9 Å². The topological polar surface area (TPSA) is 62.1 Å². The van der Waals surface area contributed by atoms with Gasteiger partial charge in [-0.3, -0.25) is 4.79 Å². The summed E-state index contributed by atoms with van der Waals surface area (Å²) in [5, 5.41) is 12.7. The van der Waals surface area contributed by atoms with Crippen molar-refractivity contribution in [1.82, 2.24) is 0 Å². The standard InChI is InChI=1S/C24H16ClFI2N2O2/c1-14-6-7-18(11-19(14)25)30-24(31)17(12-29)8-15-9-21(27)23(22(28)10-15)32-13-16-4-2-3-5-20(16)26/h2-11H,13H2,1H3,(H,30,31)/b17-8-. The second-order valence-electron chi connectivity index (χ2n) is 6.78. The van der Waals surface area contributed by atoms with E-state index < -0.39 is 5.91 Å². The van der Waals surface area contributed by atoms with Gasteiger partial charge in [0, 0.05) is 16.3 Å². The lowest BCUT2D eigenvalue weighted by atomic mass is 10.1. The van der Waals surface area contributed by atoms with Gasteiger partial charge in [0.2, 0.25) is 0 Å². The smallest absolute Gasteiger partial charge is 0.266 e. The molecule has 32 heavy (non-hydrogen) atoms. The Morgan fingerprint density at radius 1 is 1.19 bits per heavy atom. The summed E-state index contributed by atoms with van der Waals surface area (Å²) < 4.78 is 21.2. The molecule has 0 aliphatic carbocycles. The maximum absolute atomic E-state index is 13.8. The van der Waals surface area contributed by atoms with Crippen molar-refractivity contribution in [2.75, 3.05) is 5.32 Å². The highest BCUT2D eigenvalue weighted by atomic mass is 127. The third-order valence-electron chi connectivity index (χ3n) is 4.46. The highest BCUT2D eigenvalue weighted by Gasteiger charge is 2.14. The molecular formula is C24H16ClFI2N2O2. The predicted octanol–water partition coefficient (Wildman–Crippen LogP) is 7.12. The molecule has 0 fully saturated rings. The maximum atomic E-state index is 13.8. The molecule has 0 saturated carbocycles. The lowest BCUT2D eigenvalue weighted by molar-refractivity contribution is -0.112. The van der Waals surface area contributed by atoms with Crippen LogP contribution in [0.25, 0.3) is 6.08 Å². The summed E-state index contributed by atoms with van der Waals surface area (Å²) >= 11 is 10.3. The van der Waals surface area contributed by atoms with E-state index in [-0.39, 0.29) is 18.0 Å². The van der Waals surface area contributed by atoms with Crippen LogP contribution in [0, 0.1) is 31.2 Å². The first-order chi connectivity index (χ1) is 15.3. The maximum Gasteiger partial charge on any atom is 0.266 e. The van der Waals surface area contributed by atoms with Crippen LogP contribution in [0.4, 0.5) is 10.1 Å². The van der Waals surface area contributed by atoms with E-state index in [1.165, 1.54) is 12.1 Å². The largest absolute Gasteiger partial charge is 0.487 e. The zero-order valence-electron chi connectivity index (χ0n) is 16.8. The number of anilines is 1. The highest BCUT2D eigenvalue weighted by molar-refractivity contribution is 14.1. The number of nitrogens with one attached hydrogen (secondary N) is 1. The molecule has 0 atom stereocenters. The number of aryl methyl sites for hydroxylation is 1. The molecule has 3 aromatic rings.